The number of hydrogen-bond donors (Lipinski definition) is 1. The van der Waals surface area contributed by atoms with Crippen LogP contribution in [-0.2, 0) is 37.6 Å². The normalized spacial score (nSPS) is 26.5. The van der Waals surface area contributed by atoms with Crippen LogP contribution < -0.4 is 5.32 Å². The Bertz CT molecular complexity index is 953. The molecule has 1 amide bonds. The molecule has 33 heavy (non-hydrogen) atoms. The third-order valence-corrected chi connectivity index (χ3v) is 13.6. The SMILES string of the molecule is CCOP(=O)(OCC)C1(P(=O)(OCC)OCC)CC2(C(=O)Nc3ccccc32)N2CCCC21. The molecule has 4 rings (SSSR count). The third-order valence-electron chi connectivity index (χ3n) is 6.93. The van der Waals surface area contributed by atoms with Crippen molar-refractivity contribution in [3.63, 3.8) is 0 Å². The number of nitrogens with zero attached hydrogens (tertiary/aromatic N) is 1. The lowest BCUT2D eigenvalue weighted by atomic mass is 9.88. The van der Waals surface area contributed by atoms with Gasteiger partial charge >= 0.3 is 15.2 Å². The maximum absolute atomic E-state index is 14.7. The van der Waals surface area contributed by atoms with E-state index in [1.165, 1.54) is 0 Å². The molecule has 11 heteroatoms. The van der Waals surface area contributed by atoms with Crippen molar-refractivity contribution >= 4 is 26.8 Å². The summed E-state index contributed by atoms with van der Waals surface area (Å²) in [7, 11) is -8.20. The Morgan fingerprint density at radius 3 is 2.06 bits per heavy atom. The first-order valence-corrected chi connectivity index (χ1v) is 14.8. The van der Waals surface area contributed by atoms with Gasteiger partial charge in [-0.3, -0.25) is 18.8 Å². The van der Waals surface area contributed by atoms with Gasteiger partial charge < -0.3 is 23.4 Å². The second-order valence-corrected chi connectivity index (χ2v) is 13.4. The smallest absolute Gasteiger partial charge is 0.324 e. The quantitative estimate of drug-likeness (QED) is 0.451. The predicted molar refractivity (Wildman–Crippen MR) is 126 cm³/mol. The summed E-state index contributed by atoms with van der Waals surface area (Å²) in [6.07, 6.45) is 1.29. The standard InChI is InChI=1S/C22H34N2O7P2/c1-5-28-32(26,29-6-2)22(33(27,30-7-3)31-8-4)16-21(24-15-11-14-19(22)24)17-12-9-10-13-18(17)23-20(21)25/h9-10,12-13,19H,5-8,11,14-16H2,1-4H3,(H,23,25). The molecule has 1 spiro atoms. The average Bonchev–Trinajstić information content (AvgIpc) is 3.43. The molecule has 0 bridgehead atoms. The second-order valence-electron chi connectivity index (χ2n) is 8.43. The van der Waals surface area contributed by atoms with E-state index in [2.05, 4.69) is 5.32 Å². The van der Waals surface area contributed by atoms with Gasteiger partial charge in [-0.05, 0) is 53.1 Å². The number of benzene rings is 1. The Kier molecular flexibility index (Phi) is 6.98. The number of fused-ring (bicyclic) bond motifs is 4. The first-order chi connectivity index (χ1) is 15.8. The number of hydrogen-bond acceptors (Lipinski definition) is 8. The number of amides is 1. The van der Waals surface area contributed by atoms with Crippen LogP contribution in [0.25, 0.3) is 0 Å². The predicted octanol–water partition coefficient (Wildman–Crippen LogP) is 4.93. The summed E-state index contributed by atoms with van der Waals surface area (Å²) in [5.74, 6) is -0.225. The maximum atomic E-state index is 14.7. The molecule has 3 aliphatic heterocycles. The number of anilines is 1. The fourth-order valence-electron chi connectivity index (χ4n) is 5.97. The van der Waals surface area contributed by atoms with Crippen LogP contribution in [0.15, 0.2) is 24.3 Å². The van der Waals surface area contributed by atoms with Gasteiger partial charge in [-0.1, -0.05) is 18.2 Å². The second kappa shape index (κ2) is 9.19. The molecule has 0 aliphatic carbocycles. The van der Waals surface area contributed by atoms with Crippen LogP contribution >= 0.6 is 15.2 Å². The van der Waals surface area contributed by atoms with E-state index in [0.717, 1.165) is 12.0 Å². The van der Waals surface area contributed by atoms with Gasteiger partial charge in [0.15, 0.2) is 4.90 Å². The number of carbonyl (C=O) groups is 1. The summed E-state index contributed by atoms with van der Waals surface area (Å²) in [6, 6.07) is 6.95. The Labute approximate surface area is 195 Å². The first-order valence-electron chi connectivity index (χ1n) is 11.8. The molecule has 0 aromatic heterocycles. The van der Waals surface area contributed by atoms with E-state index in [4.69, 9.17) is 18.1 Å². The van der Waals surface area contributed by atoms with Gasteiger partial charge in [0.25, 0.3) is 0 Å². The van der Waals surface area contributed by atoms with Crippen molar-refractivity contribution in [2.75, 3.05) is 38.3 Å². The third kappa shape index (κ3) is 3.35. The van der Waals surface area contributed by atoms with Gasteiger partial charge in [0.2, 0.25) is 5.91 Å². The molecule has 3 aliphatic rings. The molecule has 0 radical (unpaired) electrons. The summed E-state index contributed by atoms with van der Waals surface area (Å²) >= 11 is 0. The largest absolute Gasteiger partial charge is 0.350 e. The van der Waals surface area contributed by atoms with Gasteiger partial charge in [-0.15, -0.1) is 0 Å². The Balaban J connectivity index is 2.03. The minimum atomic E-state index is -4.10. The zero-order valence-electron chi connectivity index (χ0n) is 19.7. The van der Waals surface area contributed by atoms with E-state index >= 15 is 0 Å². The van der Waals surface area contributed by atoms with Crippen LogP contribution in [0.1, 0.15) is 52.5 Å². The molecule has 2 unspecified atom stereocenters. The molecule has 1 N–H and O–H groups in total. The lowest BCUT2D eigenvalue weighted by Gasteiger charge is -2.42. The number of nitrogens with one attached hydrogen (secondary N) is 1. The van der Waals surface area contributed by atoms with Gasteiger partial charge in [0.1, 0.15) is 5.54 Å². The Hall–Kier alpha value is -1.05. The van der Waals surface area contributed by atoms with E-state index in [9.17, 15) is 13.9 Å². The fourth-order valence-corrected chi connectivity index (χ4v) is 12.4. The van der Waals surface area contributed by atoms with Crippen molar-refractivity contribution < 1.29 is 32.0 Å². The van der Waals surface area contributed by atoms with Gasteiger partial charge in [-0.2, -0.15) is 0 Å². The van der Waals surface area contributed by atoms with Crippen LogP contribution in [0.5, 0.6) is 0 Å². The highest BCUT2D eigenvalue weighted by molar-refractivity contribution is 7.74. The van der Waals surface area contributed by atoms with Crippen LogP contribution in [-0.4, -0.2) is 54.7 Å². The van der Waals surface area contributed by atoms with E-state index in [1.54, 1.807) is 27.7 Å². The molecule has 2 fully saturated rings. The minimum absolute atomic E-state index is 0.0396. The monoisotopic (exact) mass is 500 g/mol. The van der Waals surface area contributed by atoms with Crippen LogP contribution in [0, 0.1) is 0 Å². The molecule has 1 aromatic rings. The van der Waals surface area contributed by atoms with E-state index < -0.39 is 31.7 Å². The zero-order valence-corrected chi connectivity index (χ0v) is 21.5. The fraction of sp³-hybridized carbons (Fsp3) is 0.682. The molecule has 0 saturated carbocycles. The van der Waals surface area contributed by atoms with Crippen LogP contribution in [0.3, 0.4) is 0 Å². The average molecular weight is 500 g/mol. The van der Waals surface area contributed by atoms with Crippen molar-refractivity contribution in [3.8, 4) is 0 Å². The van der Waals surface area contributed by atoms with E-state index in [0.29, 0.717) is 18.7 Å². The summed E-state index contributed by atoms with van der Waals surface area (Å²) in [5, 5.41) is 2.99. The highest BCUT2D eigenvalue weighted by atomic mass is 31.2. The summed E-state index contributed by atoms with van der Waals surface area (Å²) < 4.78 is 52.9. The maximum Gasteiger partial charge on any atom is 0.350 e. The van der Waals surface area contributed by atoms with Crippen molar-refractivity contribution in [1.29, 1.82) is 0 Å². The molecule has 184 valence electrons. The van der Waals surface area contributed by atoms with Crippen LogP contribution in [0.2, 0.25) is 0 Å². The molecule has 2 atom stereocenters. The number of rotatable bonds is 10. The Morgan fingerprint density at radius 1 is 0.970 bits per heavy atom. The molecule has 2 saturated heterocycles. The minimum Gasteiger partial charge on any atom is -0.324 e. The lowest BCUT2D eigenvalue weighted by Crippen LogP contribution is -2.47. The van der Waals surface area contributed by atoms with Gasteiger partial charge in [0, 0.05) is 23.7 Å². The van der Waals surface area contributed by atoms with Crippen molar-refractivity contribution in [2.24, 2.45) is 0 Å². The van der Waals surface area contributed by atoms with E-state index in [-0.39, 0.29) is 38.8 Å². The first kappa shape index (κ1) is 25.1. The van der Waals surface area contributed by atoms with Crippen molar-refractivity contribution in [2.45, 2.75) is 63.4 Å². The van der Waals surface area contributed by atoms with Crippen molar-refractivity contribution in [3.05, 3.63) is 29.8 Å². The van der Waals surface area contributed by atoms with Crippen LogP contribution in [0.4, 0.5) is 5.69 Å². The summed E-state index contributed by atoms with van der Waals surface area (Å²) in [6.45, 7) is 7.87. The van der Waals surface area contributed by atoms with Gasteiger partial charge in [0.05, 0.1) is 26.4 Å². The Morgan fingerprint density at radius 2 is 1.52 bits per heavy atom. The summed E-state index contributed by atoms with van der Waals surface area (Å²) in [5.41, 5.74) is 0.322. The molecular formula is C22H34N2O7P2. The topological polar surface area (TPSA) is 103 Å². The highest BCUT2D eigenvalue weighted by Gasteiger charge is 2.80. The van der Waals surface area contributed by atoms with E-state index in [1.807, 2.05) is 29.2 Å². The molecule has 1 aromatic carbocycles. The molecule has 3 heterocycles. The highest BCUT2D eigenvalue weighted by Crippen LogP contribution is 2.85. The van der Waals surface area contributed by atoms with Crippen molar-refractivity contribution in [1.82, 2.24) is 4.90 Å². The molecular weight excluding hydrogens is 466 g/mol. The molecule has 9 nitrogen and oxygen atoms in total. The number of para-hydroxylation sites is 1. The lowest BCUT2D eigenvalue weighted by molar-refractivity contribution is -0.126. The number of carbonyl (C=O) groups excluding carboxylic acids is 1. The zero-order chi connectivity index (χ0) is 23.9. The van der Waals surface area contributed by atoms with Gasteiger partial charge in [-0.25, -0.2) is 0 Å². The summed E-state index contributed by atoms with van der Waals surface area (Å²) in [4.78, 5) is 14.1.